The van der Waals surface area contributed by atoms with Gasteiger partial charge in [0.05, 0.1) is 5.69 Å². The minimum atomic E-state index is -0.0684. The molecule has 2 heterocycles. The third-order valence-electron chi connectivity index (χ3n) is 2.76. The molecule has 88 valence electrons. The summed E-state index contributed by atoms with van der Waals surface area (Å²) in [5, 5.41) is 7.47. The van der Waals surface area contributed by atoms with E-state index < -0.39 is 0 Å². The first kappa shape index (κ1) is 10.4. The lowest BCUT2D eigenvalue weighted by atomic mass is 10.1. The summed E-state index contributed by atoms with van der Waals surface area (Å²) in [5.41, 5.74) is 0.931. The highest BCUT2D eigenvalue weighted by molar-refractivity contribution is 5.17. The number of hydrogen-bond donors (Lipinski definition) is 1. The van der Waals surface area contributed by atoms with Gasteiger partial charge in [-0.25, -0.2) is 0 Å². The Kier molecular flexibility index (Phi) is 2.60. The van der Waals surface area contributed by atoms with Crippen molar-refractivity contribution in [3.63, 3.8) is 0 Å². The fraction of sp³-hybridized carbons (Fsp3) is 0.417. The van der Waals surface area contributed by atoms with Crippen LogP contribution in [0.1, 0.15) is 36.3 Å². The van der Waals surface area contributed by atoms with Gasteiger partial charge in [0.2, 0.25) is 5.89 Å². The number of hydrogen-bond acceptors (Lipinski definition) is 5. The molecule has 1 fully saturated rings. The van der Waals surface area contributed by atoms with E-state index in [1.165, 1.54) is 12.8 Å². The molecule has 0 radical (unpaired) electrons. The number of pyridine rings is 1. The molecule has 0 amide bonds. The molecular weight excluding hydrogens is 216 g/mol. The van der Waals surface area contributed by atoms with Crippen molar-refractivity contribution in [3.05, 3.63) is 41.8 Å². The van der Waals surface area contributed by atoms with Crippen LogP contribution in [0.3, 0.4) is 0 Å². The Labute approximate surface area is 99.3 Å². The summed E-state index contributed by atoms with van der Waals surface area (Å²) in [4.78, 5) is 8.65. The molecule has 1 aliphatic carbocycles. The number of nitrogens with zero attached hydrogens (tertiary/aromatic N) is 3. The fourth-order valence-corrected chi connectivity index (χ4v) is 1.76. The summed E-state index contributed by atoms with van der Waals surface area (Å²) in [7, 11) is 0. The van der Waals surface area contributed by atoms with Gasteiger partial charge in [-0.2, -0.15) is 4.98 Å². The Morgan fingerprint density at radius 3 is 2.88 bits per heavy atom. The summed E-state index contributed by atoms with van der Waals surface area (Å²) < 4.78 is 5.04. The van der Waals surface area contributed by atoms with Gasteiger partial charge in [0.1, 0.15) is 6.04 Å². The number of aryl methyl sites for hydroxylation is 1. The molecule has 1 aliphatic rings. The summed E-state index contributed by atoms with van der Waals surface area (Å²) in [6.07, 6.45) is 4.20. The second-order valence-electron chi connectivity index (χ2n) is 4.30. The van der Waals surface area contributed by atoms with Crippen molar-refractivity contribution in [3.8, 4) is 0 Å². The van der Waals surface area contributed by atoms with E-state index in [0.717, 1.165) is 5.69 Å². The van der Waals surface area contributed by atoms with Gasteiger partial charge >= 0.3 is 0 Å². The van der Waals surface area contributed by atoms with Gasteiger partial charge in [-0.3, -0.25) is 10.3 Å². The average molecular weight is 230 g/mol. The van der Waals surface area contributed by atoms with Crippen LogP contribution < -0.4 is 5.32 Å². The lowest BCUT2D eigenvalue weighted by Crippen LogP contribution is -2.26. The molecule has 1 saturated carbocycles. The Bertz CT molecular complexity index is 492. The summed E-state index contributed by atoms with van der Waals surface area (Å²) in [6.45, 7) is 1.79. The highest BCUT2D eigenvalue weighted by Crippen LogP contribution is 2.26. The molecule has 0 bridgehead atoms. The summed E-state index contributed by atoms with van der Waals surface area (Å²) >= 11 is 0. The van der Waals surface area contributed by atoms with Gasteiger partial charge < -0.3 is 4.52 Å². The third-order valence-corrected chi connectivity index (χ3v) is 2.76. The lowest BCUT2D eigenvalue weighted by Gasteiger charge is -2.13. The van der Waals surface area contributed by atoms with E-state index in [2.05, 4.69) is 20.4 Å². The molecule has 2 aromatic heterocycles. The zero-order valence-corrected chi connectivity index (χ0v) is 9.63. The SMILES string of the molecule is Cc1nc(C(NC2CC2)c2ccccn2)no1. The van der Waals surface area contributed by atoms with E-state index in [4.69, 9.17) is 4.52 Å². The molecule has 0 aromatic carbocycles. The first-order valence-corrected chi connectivity index (χ1v) is 5.80. The van der Waals surface area contributed by atoms with Crippen molar-refractivity contribution in [1.29, 1.82) is 0 Å². The molecule has 5 heteroatoms. The van der Waals surface area contributed by atoms with E-state index >= 15 is 0 Å². The molecule has 0 spiro atoms. The molecule has 2 aromatic rings. The quantitative estimate of drug-likeness (QED) is 0.864. The minimum absolute atomic E-state index is 0.0684. The fourth-order valence-electron chi connectivity index (χ4n) is 1.76. The lowest BCUT2D eigenvalue weighted by molar-refractivity contribution is 0.380. The van der Waals surface area contributed by atoms with Gasteiger partial charge in [0.15, 0.2) is 5.82 Å². The van der Waals surface area contributed by atoms with Crippen LogP contribution in [0.2, 0.25) is 0 Å². The standard InChI is InChI=1S/C12H14N4O/c1-8-14-12(16-17-8)11(15-9-5-6-9)10-4-2-3-7-13-10/h2-4,7,9,11,15H,5-6H2,1H3. The Balaban J connectivity index is 1.91. The van der Waals surface area contributed by atoms with Crippen LogP contribution >= 0.6 is 0 Å². The first-order chi connectivity index (χ1) is 8.33. The second-order valence-corrected chi connectivity index (χ2v) is 4.30. The topological polar surface area (TPSA) is 63.8 Å². The summed E-state index contributed by atoms with van der Waals surface area (Å²) in [6, 6.07) is 6.34. The average Bonchev–Trinajstić information content (AvgIpc) is 3.08. The van der Waals surface area contributed by atoms with Crippen LogP contribution in [-0.4, -0.2) is 21.2 Å². The van der Waals surface area contributed by atoms with Gasteiger partial charge in [0, 0.05) is 19.2 Å². The maximum atomic E-state index is 5.04. The smallest absolute Gasteiger partial charge is 0.223 e. The van der Waals surface area contributed by atoms with Crippen molar-refractivity contribution in [2.75, 3.05) is 0 Å². The van der Waals surface area contributed by atoms with Crippen molar-refractivity contribution >= 4 is 0 Å². The monoisotopic (exact) mass is 230 g/mol. The van der Waals surface area contributed by atoms with Crippen molar-refractivity contribution in [1.82, 2.24) is 20.4 Å². The molecule has 3 rings (SSSR count). The van der Waals surface area contributed by atoms with Crippen molar-refractivity contribution in [2.45, 2.75) is 31.8 Å². The van der Waals surface area contributed by atoms with Crippen LogP contribution in [0.4, 0.5) is 0 Å². The first-order valence-electron chi connectivity index (χ1n) is 5.80. The predicted octanol–water partition coefficient (Wildman–Crippen LogP) is 1.61. The van der Waals surface area contributed by atoms with Crippen LogP contribution in [0, 0.1) is 6.92 Å². The van der Waals surface area contributed by atoms with Crippen LogP contribution in [-0.2, 0) is 0 Å². The van der Waals surface area contributed by atoms with Crippen LogP contribution in [0.15, 0.2) is 28.9 Å². The van der Waals surface area contributed by atoms with E-state index in [-0.39, 0.29) is 6.04 Å². The van der Waals surface area contributed by atoms with E-state index in [1.54, 1.807) is 13.1 Å². The Morgan fingerprint density at radius 1 is 1.41 bits per heavy atom. The van der Waals surface area contributed by atoms with Gasteiger partial charge in [0.25, 0.3) is 0 Å². The van der Waals surface area contributed by atoms with Crippen LogP contribution in [0.25, 0.3) is 0 Å². The molecule has 0 saturated heterocycles. The van der Waals surface area contributed by atoms with Gasteiger partial charge in [-0.1, -0.05) is 11.2 Å². The normalized spacial score (nSPS) is 17.0. The Hall–Kier alpha value is -1.75. The minimum Gasteiger partial charge on any atom is -0.340 e. The summed E-state index contributed by atoms with van der Waals surface area (Å²) in [5.74, 6) is 1.24. The second kappa shape index (κ2) is 4.25. The zero-order chi connectivity index (χ0) is 11.7. The number of aromatic nitrogens is 3. The molecule has 17 heavy (non-hydrogen) atoms. The molecule has 1 unspecified atom stereocenters. The molecular formula is C12H14N4O. The van der Waals surface area contributed by atoms with E-state index in [1.807, 2.05) is 18.2 Å². The van der Waals surface area contributed by atoms with Crippen molar-refractivity contribution < 1.29 is 4.52 Å². The number of nitrogens with one attached hydrogen (secondary N) is 1. The van der Waals surface area contributed by atoms with E-state index in [0.29, 0.717) is 17.8 Å². The largest absolute Gasteiger partial charge is 0.340 e. The van der Waals surface area contributed by atoms with Crippen LogP contribution in [0.5, 0.6) is 0 Å². The molecule has 1 N–H and O–H groups in total. The molecule has 5 nitrogen and oxygen atoms in total. The van der Waals surface area contributed by atoms with Crippen molar-refractivity contribution in [2.24, 2.45) is 0 Å². The third kappa shape index (κ3) is 2.34. The molecule has 1 atom stereocenters. The number of rotatable bonds is 4. The maximum Gasteiger partial charge on any atom is 0.223 e. The molecule has 0 aliphatic heterocycles. The van der Waals surface area contributed by atoms with Gasteiger partial charge in [-0.05, 0) is 25.0 Å². The zero-order valence-electron chi connectivity index (χ0n) is 9.63. The highest BCUT2D eigenvalue weighted by Gasteiger charge is 2.29. The predicted molar refractivity (Wildman–Crippen MR) is 61.3 cm³/mol. The Morgan fingerprint density at radius 2 is 2.29 bits per heavy atom. The van der Waals surface area contributed by atoms with E-state index in [9.17, 15) is 0 Å². The maximum absolute atomic E-state index is 5.04. The highest BCUT2D eigenvalue weighted by atomic mass is 16.5. The van der Waals surface area contributed by atoms with Gasteiger partial charge in [-0.15, -0.1) is 0 Å².